The first-order valence-corrected chi connectivity index (χ1v) is 7.05. The number of benzene rings is 1. The van der Waals surface area contributed by atoms with Crippen molar-refractivity contribution in [3.8, 4) is 11.4 Å². The van der Waals surface area contributed by atoms with Gasteiger partial charge in [-0.25, -0.2) is 0 Å². The van der Waals surface area contributed by atoms with Crippen LogP contribution in [-0.2, 0) is 4.79 Å². The fourth-order valence-corrected chi connectivity index (χ4v) is 2.43. The number of hydrogen-bond acceptors (Lipinski definition) is 5. The average molecular weight is 287 g/mol. The van der Waals surface area contributed by atoms with Crippen LogP contribution >= 0.6 is 11.3 Å². The molecule has 0 radical (unpaired) electrons. The summed E-state index contributed by atoms with van der Waals surface area (Å²) in [4.78, 5) is 12.3. The highest BCUT2D eigenvalue weighted by Gasteiger charge is 2.15. The summed E-state index contributed by atoms with van der Waals surface area (Å²) < 4.78 is 1.65. The van der Waals surface area contributed by atoms with Crippen molar-refractivity contribution in [1.82, 2.24) is 19.8 Å². The minimum atomic E-state index is -0.0852. The topological polar surface area (TPSA) is 72.2 Å². The predicted molar refractivity (Wildman–Crippen MR) is 77.6 cm³/mol. The molecule has 0 saturated carbocycles. The molecule has 2 heterocycles. The average Bonchev–Trinajstić information content (AvgIpc) is 2.99. The zero-order valence-electron chi connectivity index (χ0n) is 11.1. The molecule has 0 fully saturated rings. The van der Waals surface area contributed by atoms with Crippen LogP contribution in [0.15, 0.2) is 30.3 Å². The third kappa shape index (κ3) is 2.27. The summed E-state index contributed by atoms with van der Waals surface area (Å²) in [5.41, 5.74) is 0.937. The molecule has 0 aliphatic rings. The van der Waals surface area contributed by atoms with Crippen molar-refractivity contribution in [2.75, 3.05) is 5.32 Å². The maximum absolute atomic E-state index is 11.7. The fraction of sp³-hybridized carbons (Fsp3) is 0.231. The Morgan fingerprint density at radius 2 is 2.00 bits per heavy atom. The summed E-state index contributed by atoms with van der Waals surface area (Å²) in [6.45, 7) is 3.68. The molecule has 1 N–H and O–H groups in total. The highest BCUT2D eigenvalue weighted by Crippen LogP contribution is 2.24. The Balaban J connectivity index is 1.97. The molecule has 0 spiro atoms. The lowest BCUT2D eigenvalue weighted by Crippen LogP contribution is -2.17. The zero-order valence-corrected chi connectivity index (χ0v) is 11.9. The van der Waals surface area contributed by atoms with Gasteiger partial charge in [-0.2, -0.15) is 4.52 Å². The molecule has 102 valence electrons. The largest absolute Gasteiger partial charge is 0.300 e. The first kappa shape index (κ1) is 12.7. The summed E-state index contributed by atoms with van der Waals surface area (Å²) in [5, 5.41) is 15.9. The van der Waals surface area contributed by atoms with E-state index in [1.165, 1.54) is 11.3 Å². The Morgan fingerprint density at radius 3 is 2.70 bits per heavy atom. The maximum atomic E-state index is 11.7. The van der Waals surface area contributed by atoms with E-state index in [-0.39, 0.29) is 11.8 Å². The van der Waals surface area contributed by atoms with Crippen molar-refractivity contribution in [3.63, 3.8) is 0 Å². The van der Waals surface area contributed by atoms with Crippen molar-refractivity contribution in [1.29, 1.82) is 0 Å². The second-order valence-electron chi connectivity index (χ2n) is 4.64. The van der Waals surface area contributed by atoms with E-state index in [9.17, 15) is 4.79 Å². The minimum Gasteiger partial charge on any atom is -0.300 e. The van der Waals surface area contributed by atoms with Gasteiger partial charge in [0.05, 0.1) is 0 Å². The van der Waals surface area contributed by atoms with Gasteiger partial charge in [-0.15, -0.1) is 15.3 Å². The quantitative estimate of drug-likeness (QED) is 0.803. The number of carbonyl (C=O) groups is 1. The highest BCUT2D eigenvalue weighted by molar-refractivity contribution is 7.20. The van der Waals surface area contributed by atoms with E-state index in [0.717, 1.165) is 5.56 Å². The van der Waals surface area contributed by atoms with Gasteiger partial charge in [0.25, 0.3) is 0 Å². The fourth-order valence-electron chi connectivity index (χ4n) is 1.68. The first-order valence-electron chi connectivity index (χ1n) is 6.23. The summed E-state index contributed by atoms with van der Waals surface area (Å²) in [6.07, 6.45) is 0. The molecule has 0 aliphatic heterocycles. The number of amides is 1. The minimum absolute atomic E-state index is 0.0591. The van der Waals surface area contributed by atoms with Crippen molar-refractivity contribution in [2.45, 2.75) is 13.8 Å². The number of carbonyl (C=O) groups excluding carboxylic acids is 1. The molecule has 0 aliphatic carbocycles. The lowest BCUT2D eigenvalue weighted by molar-refractivity contribution is -0.118. The highest BCUT2D eigenvalue weighted by atomic mass is 32.1. The van der Waals surface area contributed by atoms with Crippen LogP contribution in [-0.4, -0.2) is 25.7 Å². The number of rotatable bonds is 3. The van der Waals surface area contributed by atoms with Crippen LogP contribution in [0.25, 0.3) is 16.3 Å². The lowest BCUT2D eigenvalue weighted by atomic mass is 10.2. The number of nitrogens with one attached hydrogen (secondary N) is 1. The molecule has 3 rings (SSSR count). The van der Waals surface area contributed by atoms with E-state index in [4.69, 9.17) is 0 Å². The molecule has 1 amide bonds. The van der Waals surface area contributed by atoms with Crippen molar-refractivity contribution in [3.05, 3.63) is 30.3 Å². The van der Waals surface area contributed by atoms with Crippen LogP contribution in [0, 0.1) is 5.92 Å². The van der Waals surface area contributed by atoms with E-state index in [1.54, 1.807) is 4.52 Å². The molecular formula is C13H13N5OS. The van der Waals surface area contributed by atoms with E-state index >= 15 is 0 Å². The molecular weight excluding hydrogens is 274 g/mol. The lowest BCUT2D eigenvalue weighted by Gasteiger charge is -2.02. The van der Waals surface area contributed by atoms with Crippen LogP contribution in [0.5, 0.6) is 0 Å². The van der Waals surface area contributed by atoms with Gasteiger partial charge in [-0.3, -0.25) is 4.79 Å². The third-order valence-electron chi connectivity index (χ3n) is 2.78. The summed E-state index contributed by atoms with van der Waals surface area (Å²) in [6, 6.07) is 9.70. The van der Waals surface area contributed by atoms with Gasteiger partial charge in [0.15, 0.2) is 5.82 Å². The summed E-state index contributed by atoms with van der Waals surface area (Å²) >= 11 is 1.30. The predicted octanol–water partition coefficient (Wildman–Crippen LogP) is 2.45. The second kappa shape index (κ2) is 5.01. The first-order chi connectivity index (χ1) is 9.65. The molecule has 0 atom stereocenters. The number of hydrogen-bond donors (Lipinski definition) is 1. The molecule has 20 heavy (non-hydrogen) atoms. The van der Waals surface area contributed by atoms with Crippen LogP contribution in [0.2, 0.25) is 0 Å². The third-order valence-corrected chi connectivity index (χ3v) is 3.59. The van der Waals surface area contributed by atoms with Crippen LogP contribution < -0.4 is 5.32 Å². The number of aromatic nitrogens is 4. The molecule has 1 aromatic carbocycles. The Morgan fingerprint density at radius 1 is 1.25 bits per heavy atom. The molecule has 2 aromatic heterocycles. The second-order valence-corrected chi connectivity index (χ2v) is 5.59. The SMILES string of the molecule is CC(C)C(=O)Nc1nn2c(-c3ccccc3)nnc2s1. The normalized spacial score (nSPS) is 11.2. The zero-order chi connectivity index (χ0) is 14.1. The Kier molecular flexibility index (Phi) is 3.19. The Hall–Kier alpha value is -2.28. The molecule has 0 saturated heterocycles. The standard InChI is InChI=1S/C13H13N5OS/c1-8(2)11(19)14-12-17-18-10(15-16-13(18)20-12)9-6-4-3-5-7-9/h3-8H,1-2H3,(H,14,17,19). The van der Waals surface area contributed by atoms with Gasteiger partial charge >= 0.3 is 0 Å². The van der Waals surface area contributed by atoms with E-state index < -0.39 is 0 Å². The van der Waals surface area contributed by atoms with E-state index in [2.05, 4.69) is 20.6 Å². The van der Waals surface area contributed by atoms with Gasteiger partial charge < -0.3 is 5.32 Å². The van der Waals surface area contributed by atoms with Crippen LogP contribution in [0.4, 0.5) is 5.13 Å². The monoisotopic (exact) mass is 287 g/mol. The number of anilines is 1. The van der Waals surface area contributed by atoms with Crippen molar-refractivity contribution < 1.29 is 4.79 Å². The maximum Gasteiger partial charge on any atom is 0.236 e. The Bertz CT molecular complexity index is 747. The summed E-state index contributed by atoms with van der Waals surface area (Å²) in [5.74, 6) is 0.524. The van der Waals surface area contributed by atoms with E-state index in [0.29, 0.717) is 15.9 Å². The molecule has 0 unspecified atom stereocenters. The molecule has 3 aromatic rings. The van der Waals surface area contributed by atoms with Crippen LogP contribution in [0.3, 0.4) is 0 Å². The van der Waals surface area contributed by atoms with Gasteiger partial charge in [-0.05, 0) is 0 Å². The van der Waals surface area contributed by atoms with Crippen LogP contribution in [0.1, 0.15) is 13.8 Å². The van der Waals surface area contributed by atoms with Gasteiger partial charge in [-0.1, -0.05) is 55.5 Å². The van der Waals surface area contributed by atoms with Gasteiger partial charge in [0.1, 0.15) is 0 Å². The van der Waals surface area contributed by atoms with Crippen molar-refractivity contribution >= 4 is 27.3 Å². The molecule has 0 bridgehead atoms. The van der Waals surface area contributed by atoms with Gasteiger partial charge in [0.2, 0.25) is 16.0 Å². The molecule has 6 nitrogen and oxygen atoms in total. The summed E-state index contributed by atoms with van der Waals surface area (Å²) in [7, 11) is 0. The number of nitrogens with zero attached hydrogens (tertiary/aromatic N) is 4. The smallest absolute Gasteiger partial charge is 0.236 e. The Labute approximate surface area is 119 Å². The number of fused-ring (bicyclic) bond motifs is 1. The van der Waals surface area contributed by atoms with Crippen molar-refractivity contribution in [2.24, 2.45) is 5.92 Å². The van der Waals surface area contributed by atoms with Gasteiger partial charge in [0, 0.05) is 11.5 Å². The van der Waals surface area contributed by atoms with E-state index in [1.807, 2.05) is 44.2 Å². The molecule has 7 heteroatoms.